The molecule has 1 aromatic carbocycles. The summed E-state index contributed by atoms with van der Waals surface area (Å²) >= 11 is 0. The number of hydrogen-bond donors (Lipinski definition) is 0. The van der Waals surface area contributed by atoms with Gasteiger partial charge in [0.2, 0.25) is 0 Å². The first-order valence-corrected chi connectivity index (χ1v) is 6.86. The van der Waals surface area contributed by atoms with E-state index in [1.165, 1.54) is 6.26 Å². The Labute approximate surface area is 122 Å². The van der Waals surface area contributed by atoms with Crippen molar-refractivity contribution < 1.29 is 18.7 Å². The van der Waals surface area contributed by atoms with Crippen LogP contribution in [0.4, 0.5) is 0 Å². The monoisotopic (exact) mass is 285 g/mol. The molecule has 1 fully saturated rings. The third-order valence-corrected chi connectivity index (χ3v) is 3.87. The number of rotatable bonds is 3. The van der Waals surface area contributed by atoms with Crippen LogP contribution in [-0.2, 0) is 9.47 Å². The van der Waals surface area contributed by atoms with E-state index >= 15 is 0 Å². The maximum Gasteiger partial charge on any atom is 0.342 e. The number of ether oxygens (including phenoxy) is 2. The van der Waals surface area contributed by atoms with Crippen LogP contribution < -0.4 is 0 Å². The molecule has 21 heavy (non-hydrogen) atoms. The van der Waals surface area contributed by atoms with E-state index in [-0.39, 0.29) is 6.61 Å². The molecule has 1 aliphatic heterocycles. The summed E-state index contributed by atoms with van der Waals surface area (Å²) in [5.74, 6) is -0.457. The molecular weight excluding hydrogens is 270 g/mol. The summed E-state index contributed by atoms with van der Waals surface area (Å²) in [6.07, 6.45) is 2.57. The predicted molar refractivity (Wildman–Crippen MR) is 74.6 cm³/mol. The fourth-order valence-electron chi connectivity index (χ4n) is 2.47. The van der Waals surface area contributed by atoms with Crippen molar-refractivity contribution in [2.24, 2.45) is 5.41 Å². The lowest BCUT2D eigenvalue weighted by atomic mass is 9.83. The molecule has 5 heteroatoms. The highest BCUT2D eigenvalue weighted by Gasteiger charge is 2.34. The van der Waals surface area contributed by atoms with Crippen molar-refractivity contribution in [1.82, 2.24) is 0 Å². The van der Waals surface area contributed by atoms with Crippen molar-refractivity contribution in [3.63, 3.8) is 0 Å². The first kappa shape index (κ1) is 13.7. The minimum absolute atomic E-state index is 0.0885. The molecule has 0 spiro atoms. The van der Waals surface area contributed by atoms with Gasteiger partial charge in [-0.05, 0) is 18.9 Å². The lowest BCUT2D eigenvalue weighted by Crippen LogP contribution is -2.33. The Morgan fingerprint density at radius 1 is 1.33 bits per heavy atom. The molecule has 0 unspecified atom stereocenters. The quantitative estimate of drug-likeness (QED) is 0.811. The zero-order valence-electron chi connectivity index (χ0n) is 11.5. The molecule has 1 aromatic heterocycles. The van der Waals surface area contributed by atoms with Gasteiger partial charge in [0.25, 0.3) is 0 Å². The summed E-state index contributed by atoms with van der Waals surface area (Å²) in [5.41, 5.74) is 0.407. The lowest BCUT2D eigenvalue weighted by Gasteiger charge is -2.29. The molecule has 1 aliphatic rings. The molecule has 1 saturated heterocycles. The number of fused-ring (bicyclic) bond motifs is 1. The van der Waals surface area contributed by atoms with Gasteiger partial charge in [0.05, 0.1) is 11.5 Å². The zero-order valence-corrected chi connectivity index (χ0v) is 11.5. The summed E-state index contributed by atoms with van der Waals surface area (Å²) in [6, 6.07) is 9.56. The van der Waals surface area contributed by atoms with Gasteiger partial charge in [0, 0.05) is 18.6 Å². The van der Waals surface area contributed by atoms with Crippen LogP contribution >= 0.6 is 0 Å². The average molecular weight is 285 g/mol. The highest BCUT2D eigenvalue weighted by atomic mass is 16.5. The van der Waals surface area contributed by atoms with Crippen LogP contribution in [0.1, 0.15) is 23.2 Å². The van der Waals surface area contributed by atoms with E-state index in [1.54, 1.807) is 6.07 Å². The van der Waals surface area contributed by atoms with E-state index in [2.05, 4.69) is 6.07 Å². The van der Waals surface area contributed by atoms with Gasteiger partial charge in [-0.25, -0.2) is 4.79 Å². The van der Waals surface area contributed by atoms with Gasteiger partial charge < -0.3 is 13.9 Å². The third kappa shape index (κ3) is 2.63. The first-order chi connectivity index (χ1) is 10.2. The second-order valence-corrected chi connectivity index (χ2v) is 5.23. The molecule has 3 rings (SSSR count). The van der Waals surface area contributed by atoms with Crippen LogP contribution in [0.2, 0.25) is 0 Å². The van der Waals surface area contributed by atoms with E-state index < -0.39 is 11.4 Å². The SMILES string of the molecule is N#CC1(COC(=O)c2coc3ccccc23)CCOCC1. The Hall–Kier alpha value is -2.32. The predicted octanol–water partition coefficient (Wildman–Crippen LogP) is 2.91. The zero-order chi connectivity index (χ0) is 14.7. The molecule has 0 amide bonds. The maximum absolute atomic E-state index is 12.2. The van der Waals surface area contributed by atoms with Crippen molar-refractivity contribution in [3.8, 4) is 6.07 Å². The fourth-order valence-corrected chi connectivity index (χ4v) is 2.47. The second kappa shape index (κ2) is 5.58. The van der Waals surface area contributed by atoms with Gasteiger partial charge in [0.15, 0.2) is 0 Å². The van der Waals surface area contributed by atoms with E-state index in [9.17, 15) is 10.1 Å². The summed E-state index contributed by atoms with van der Waals surface area (Å²) in [4.78, 5) is 12.2. The highest BCUT2D eigenvalue weighted by Crippen LogP contribution is 2.30. The fraction of sp³-hybridized carbons (Fsp3) is 0.375. The number of para-hydroxylation sites is 1. The maximum atomic E-state index is 12.2. The van der Waals surface area contributed by atoms with Crippen LogP contribution in [0.15, 0.2) is 34.9 Å². The molecule has 0 atom stereocenters. The molecule has 5 nitrogen and oxygen atoms in total. The van der Waals surface area contributed by atoms with Gasteiger partial charge in [0.1, 0.15) is 24.0 Å². The third-order valence-electron chi connectivity index (χ3n) is 3.87. The number of nitriles is 1. The minimum atomic E-state index is -0.631. The highest BCUT2D eigenvalue weighted by molar-refractivity contribution is 6.03. The number of carbonyl (C=O) groups is 1. The van der Waals surface area contributed by atoms with Crippen molar-refractivity contribution in [1.29, 1.82) is 5.26 Å². The molecule has 0 aliphatic carbocycles. The van der Waals surface area contributed by atoms with Crippen LogP contribution in [0.25, 0.3) is 11.0 Å². The first-order valence-electron chi connectivity index (χ1n) is 6.86. The van der Waals surface area contributed by atoms with Crippen LogP contribution in [0.5, 0.6) is 0 Å². The summed E-state index contributed by atoms with van der Waals surface area (Å²) in [7, 11) is 0. The molecule has 2 aromatic rings. The topological polar surface area (TPSA) is 72.5 Å². The van der Waals surface area contributed by atoms with Crippen LogP contribution in [0, 0.1) is 16.7 Å². The number of hydrogen-bond acceptors (Lipinski definition) is 5. The van der Waals surface area contributed by atoms with Crippen LogP contribution in [-0.4, -0.2) is 25.8 Å². The Balaban J connectivity index is 1.73. The average Bonchev–Trinajstić information content (AvgIpc) is 2.98. The number of esters is 1. The van der Waals surface area contributed by atoms with E-state index in [1.807, 2.05) is 18.2 Å². The summed E-state index contributed by atoms with van der Waals surface area (Å²) < 4.78 is 15.9. The largest absolute Gasteiger partial charge is 0.463 e. The minimum Gasteiger partial charge on any atom is -0.463 e. The number of furan rings is 1. The molecule has 0 bridgehead atoms. The Kier molecular flexibility index (Phi) is 3.63. The van der Waals surface area contributed by atoms with E-state index in [4.69, 9.17) is 13.9 Å². The Bertz CT molecular complexity index is 692. The van der Waals surface area contributed by atoms with Crippen molar-refractivity contribution in [3.05, 3.63) is 36.1 Å². The normalized spacial score (nSPS) is 17.3. The van der Waals surface area contributed by atoms with Crippen LogP contribution in [0.3, 0.4) is 0 Å². The van der Waals surface area contributed by atoms with Gasteiger partial charge in [-0.2, -0.15) is 5.26 Å². The molecule has 0 radical (unpaired) electrons. The number of benzene rings is 1. The van der Waals surface area contributed by atoms with Crippen molar-refractivity contribution >= 4 is 16.9 Å². The van der Waals surface area contributed by atoms with Gasteiger partial charge in [-0.1, -0.05) is 18.2 Å². The molecular formula is C16H15NO4. The van der Waals surface area contributed by atoms with Gasteiger partial charge >= 0.3 is 5.97 Å². The second-order valence-electron chi connectivity index (χ2n) is 5.23. The molecule has 0 N–H and O–H groups in total. The van der Waals surface area contributed by atoms with Gasteiger partial charge in [-0.15, -0.1) is 0 Å². The molecule has 0 saturated carbocycles. The van der Waals surface area contributed by atoms with E-state index in [0.29, 0.717) is 37.2 Å². The molecule has 108 valence electrons. The number of carbonyl (C=O) groups excluding carboxylic acids is 1. The lowest BCUT2D eigenvalue weighted by molar-refractivity contribution is -0.00461. The summed E-state index contributed by atoms with van der Waals surface area (Å²) in [5, 5.41) is 10.1. The van der Waals surface area contributed by atoms with Gasteiger partial charge in [-0.3, -0.25) is 0 Å². The number of nitrogens with zero attached hydrogens (tertiary/aromatic N) is 1. The van der Waals surface area contributed by atoms with Crippen molar-refractivity contribution in [2.75, 3.05) is 19.8 Å². The molecule has 2 heterocycles. The van der Waals surface area contributed by atoms with E-state index in [0.717, 1.165) is 5.39 Å². The Morgan fingerprint density at radius 2 is 2.10 bits per heavy atom. The summed E-state index contributed by atoms with van der Waals surface area (Å²) in [6.45, 7) is 1.14. The smallest absolute Gasteiger partial charge is 0.342 e. The van der Waals surface area contributed by atoms with Crippen molar-refractivity contribution in [2.45, 2.75) is 12.8 Å². The Morgan fingerprint density at radius 3 is 2.86 bits per heavy atom. The standard InChI is InChI=1S/C16H15NO4/c17-10-16(5-7-19-8-6-16)11-21-15(18)13-9-20-14-4-2-1-3-12(13)14/h1-4,9H,5-8,11H2.